The third-order valence-corrected chi connectivity index (χ3v) is 4.03. The summed E-state index contributed by atoms with van der Waals surface area (Å²) in [5.41, 5.74) is -0.225. The Morgan fingerprint density at radius 1 is 0.889 bits per heavy atom. The number of hydrogen-bond acceptors (Lipinski definition) is 2. The van der Waals surface area contributed by atoms with Gasteiger partial charge in [0.25, 0.3) is 5.56 Å². The molecule has 0 saturated heterocycles. The molecule has 8 heteroatoms. The fourth-order valence-electron chi connectivity index (χ4n) is 1.26. The first kappa shape index (κ1) is 14.0. The van der Waals surface area contributed by atoms with E-state index in [0.29, 0.717) is 5.69 Å². The largest absolute Gasteiger partial charge is 0.291 e. The SMILES string of the molecule is O=c1c(Cl)c(Cl)cnn1-c1cc(Cl)c(Cl)c(Cl)c1. The first-order valence-corrected chi connectivity index (χ1v) is 6.39. The van der Waals surface area contributed by atoms with Gasteiger partial charge in [0.05, 0.1) is 32.0 Å². The second-order valence-electron chi connectivity index (χ2n) is 3.25. The molecule has 0 amide bonds. The number of benzene rings is 1. The van der Waals surface area contributed by atoms with Crippen molar-refractivity contribution < 1.29 is 0 Å². The van der Waals surface area contributed by atoms with E-state index in [-0.39, 0.29) is 25.1 Å². The lowest BCUT2D eigenvalue weighted by Gasteiger charge is -2.07. The van der Waals surface area contributed by atoms with Crippen LogP contribution in [0, 0.1) is 0 Å². The van der Waals surface area contributed by atoms with E-state index in [1.54, 1.807) is 0 Å². The summed E-state index contributed by atoms with van der Waals surface area (Å²) in [7, 11) is 0. The molecule has 1 aromatic heterocycles. The Bertz CT molecular complexity index is 659. The average molecular weight is 344 g/mol. The lowest BCUT2D eigenvalue weighted by Crippen LogP contribution is -2.21. The first-order chi connectivity index (χ1) is 8.41. The van der Waals surface area contributed by atoms with Gasteiger partial charge in [0.1, 0.15) is 5.02 Å². The minimum atomic E-state index is -0.571. The normalized spacial score (nSPS) is 10.7. The molecule has 0 spiro atoms. The molecule has 0 aliphatic heterocycles. The molecule has 1 heterocycles. The minimum Gasteiger partial charge on any atom is -0.266 e. The molecule has 0 aliphatic carbocycles. The van der Waals surface area contributed by atoms with Gasteiger partial charge in [-0.05, 0) is 12.1 Å². The van der Waals surface area contributed by atoms with Gasteiger partial charge < -0.3 is 0 Å². The number of nitrogens with zero attached hydrogens (tertiary/aromatic N) is 2. The second kappa shape index (κ2) is 5.27. The van der Waals surface area contributed by atoms with Crippen molar-refractivity contribution in [2.24, 2.45) is 0 Å². The zero-order valence-electron chi connectivity index (χ0n) is 8.42. The highest BCUT2D eigenvalue weighted by molar-refractivity contribution is 6.48. The van der Waals surface area contributed by atoms with Crippen LogP contribution < -0.4 is 5.56 Å². The molecule has 0 N–H and O–H groups in total. The molecule has 0 bridgehead atoms. The van der Waals surface area contributed by atoms with Crippen molar-refractivity contribution in [1.29, 1.82) is 0 Å². The number of hydrogen-bond donors (Lipinski definition) is 0. The fourth-order valence-corrected chi connectivity index (χ4v) is 2.10. The van der Waals surface area contributed by atoms with Crippen molar-refractivity contribution in [3.8, 4) is 5.69 Å². The summed E-state index contributed by atoms with van der Waals surface area (Å²) in [6, 6.07) is 2.91. The van der Waals surface area contributed by atoms with E-state index in [1.165, 1.54) is 18.3 Å². The lowest BCUT2D eigenvalue weighted by molar-refractivity contribution is 0.807. The van der Waals surface area contributed by atoms with E-state index >= 15 is 0 Å². The fraction of sp³-hybridized carbons (Fsp3) is 0. The Morgan fingerprint density at radius 3 is 2.00 bits per heavy atom. The van der Waals surface area contributed by atoms with Gasteiger partial charge in [-0.25, -0.2) is 0 Å². The number of aromatic nitrogens is 2. The van der Waals surface area contributed by atoms with Crippen LogP contribution in [0.3, 0.4) is 0 Å². The third kappa shape index (κ3) is 2.46. The van der Waals surface area contributed by atoms with Crippen molar-refractivity contribution in [3.05, 3.63) is 53.8 Å². The van der Waals surface area contributed by atoms with Gasteiger partial charge in [0, 0.05) is 0 Å². The second-order valence-corrected chi connectivity index (χ2v) is 5.22. The highest BCUT2D eigenvalue weighted by Gasteiger charge is 2.12. The van der Waals surface area contributed by atoms with E-state index in [1.807, 2.05) is 0 Å². The lowest BCUT2D eigenvalue weighted by atomic mass is 10.3. The first-order valence-electron chi connectivity index (χ1n) is 4.50. The summed E-state index contributed by atoms with van der Waals surface area (Å²) in [4.78, 5) is 11.9. The van der Waals surface area contributed by atoms with Crippen LogP contribution in [-0.4, -0.2) is 9.78 Å². The van der Waals surface area contributed by atoms with Gasteiger partial charge in [-0.1, -0.05) is 58.0 Å². The van der Waals surface area contributed by atoms with Crippen LogP contribution in [0.1, 0.15) is 0 Å². The van der Waals surface area contributed by atoms with Gasteiger partial charge >= 0.3 is 0 Å². The van der Waals surface area contributed by atoms with Gasteiger partial charge in [-0.3, -0.25) is 4.79 Å². The van der Waals surface area contributed by atoms with Gasteiger partial charge in [-0.2, -0.15) is 9.78 Å². The number of rotatable bonds is 1. The quantitative estimate of drug-likeness (QED) is 0.714. The predicted octanol–water partition coefficient (Wildman–Crippen LogP) is 4.50. The average Bonchev–Trinajstić information content (AvgIpc) is 2.33. The maximum absolute atomic E-state index is 11.9. The highest BCUT2D eigenvalue weighted by atomic mass is 35.5. The summed E-state index contributed by atoms with van der Waals surface area (Å²) in [6.07, 6.45) is 1.25. The smallest absolute Gasteiger partial charge is 0.266 e. The molecule has 0 atom stereocenters. The standard InChI is InChI=1S/C10H3Cl5N2O/c11-5-1-4(2-6(12)8(5)14)17-10(18)9(15)7(13)3-16-17/h1-3H. The van der Waals surface area contributed by atoms with Crippen molar-refractivity contribution in [3.63, 3.8) is 0 Å². The summed E-state index contributed by atoms with van der Waals surface area (Å²) in [6.45, 7) is 0. The van der Waals surface area contributed by atoms with Crippen LogP contribution in [0.5, 0.6) is 0 Å². The van der Waals surface area contributed by atoms with Crippen molar-refractivity contribution in [2.45, 2.75) is 0 Å². The molecule has 0 fully saturated rings. The summed E-state index contributed by atoms with van der Waals surface area (Å²) < 4.78 is 1.03. The van der Waals surface area contributed by atoms with Crippen LogP contribution >= 0.6 is 58.0 Å². The van der Waals surface area contributed by atoms with Crippen molar-refractivity contribution in [2.75, 3.05) is 0 Å². The Balaban J connectivity index is 2.71. The van der Waals surface area contributed by atoms with Crippen LogP contribution in [0.4, 0.5) is 0 Å². The van der Waals surface area contributed by atoms with Crippen LogP contribution in [0.2, 0.25) is 25.1 Å². The number of halogens is 5. The molecule has 18 heavy (non-hydrogen) atoms. The molecule has 0 radical (unpaired) electrons. The van der Waals surface area contributed by atoms with Crippen LogP contribution in [-0.2, 0) is 0 Å². The molecule has 0 unspecified atom stereocenters. The van der Waals surface area contributed by atoms with Crippen molar-refractivity contribution in [1.82, 2.24) is 9.78 Å². The molecule has 2 rings (SSSR count). The minimum absolute atomic E-state index is 0.0732. The summed E-state index contributed by atoms with van der Waals surface area (Å²) in [5.74, 6) is 0. The van der Waals surface area contributed by atoms with E-state index in [9.17, 15) is 4.79 Å². The predicted molar refractivity (Wildman–Crippen MR) is 74.9 cm³/mol. The van der Waals surface area contributed by atoms with E-state index in [4.69, 9.17) is 58.0 Å². The van der Waals surface area contributed by atoms with Crippen LogP contribution in [0.25, 0.3) is 5.69 Å². The summed E-state index contributed by atoms with van der Waals surface area (Å²) in [5, 5.41) is 4.41. The molecule has 0 aliphatic rings. The van der Waals surface area contributed by atoms with Gasteiger partial charge in [0.2, 0.25) is 0 Å². The highest BCUT2D eigenvalue weighted by Crippen LogP contribution is 2.32. The summed E-state index contributed by atoms with van der Waals surface area (Å²) >= 11 is 29.0. The molecule has 94 valence electrons. The Morgan fingerprint density at radius 2 is 1.44 bits per heavy atom. The molecule has 0 saturated carbocycles. The third-order valence-electron chi connectivity index (χ3n) is 2.09. The monoisotopic (exact) mass is 342 g/mol. The van der Waals surface area contributed by atoms with E-state index < -0.39 is 5.56 Å². The van der Waals surface area contributed by atoms with Crippen molar-refractivity contribution >= 4 is 58.0 Å². The van der Waals surface area contributed by atoms with E-state index in [2.05, 4.69) is 5.10 Å². The Hall–Kier alpha value is -0.450. The zero-order chi connectivity index (χ0) is 13.4. The maximum atomic E-state index is 11.9. The Kier molecular flexibility index (Phi) is 4.09. The maximum Gasteiger partial charge on any atom is 0.291 e. The molecule has 3 nitrogen and oxygen atoms in total. The Labute approximate surface area is 127 Å². The van der Waals surface area contributed by atoms with Crippen LogP contribution in [0.15, 0.2) is 23.1 Å². The molecule has 1 aromatic carbocycles. The molecular formula is C10H3Cl5N2O. The van der Waals surface area contributed by atoms with Gasteiger partial charge in [-0.15, -0.1) is 0 Å². The molecule has 2 aromatic rings. The van der Waals surface area contributed by atoms with Gasteiger partial charge in [0.15, 0.2) is 0 Å². The van der Waals surface area contributed by atoms with E-state index in [0.717, 1.165) is 4.68 Å². The molecular weight excluding hydrogens is 341 g/mol. The topological polar surface area (TPSA) is 34.9 Å². The zero-order valence-corrected chi connectivity index (χ0v) is 12.2.